The molecule has 3 rings (SSSR count). The van der Waals surface area contributed by atoms with Crippen LogP contribution in [0.15, 0.2) is 28.2 Å². The van der Waals surface area contributed by atoms with E-state index in [0.717, 1.165) is 19.4 Å². The van der Waals surface area contributed by atoms with Gasteiger partial charge in [0.25, 0.3) is 5.56 Å². The molecule has 1 aliphatic rings. The van der Waals surface area contributed by atoms with Crippen LogP contribution in [0, 0.1) is 5.92 Å². The van der Waals surface area contributed by atoms with E-state index in [-0.39, 0.29) is 28.7 Å². The van der Waals surface area contributed by atoms with E-state index in [0.29, 0.717) is 34.2 Å². The Morgan fingerprint density at radius 1 is 1.43 bits per heavy atom. The topological polar surface area (TPSA) is 73.2 Å². The lowest BCUT2D eigenvalue weighted by Gasteiger charge is -2.18. The van der Waals surface area contributed by atoms with Crippen LogP contribution in [0.2, 0.25) is 5.02 Å². The molecule has 2 aromatic rings. The van der Waals surface area contributed by atoms with Gasteiger partial charge in [-0.05, 0) is 43.9 Å². The van der Waals surface area contributed by atoms with E-state index in [1.54, 1.807) is 22.8 Å². The Balaban J connectivity index is 1.82. The van der Waals surface area contributed by atoms with Crippen LogP contribution in [0.1, 0.15) is 33.6 Å². The van der Waals surface area contributed by atoms with Gasteiger partial charge in [-0.2, -0.15) is 0 Å². The van der Waals surface area contributed by atoms with E-state index >= 15 is 0 Å². The number of nitrogens with zero attached hydrogens (tertiary/aromatic N) is 2. The number of hydrogen-bond acceptors (Lipinski definition) is 5. The fourth-order valence-electron chi connectivity index (χ4n) is 3.16. The van der Waals surface area contributed by atoms with Crippen molar-refractivity contribution in [1.82, 2.24) is 14.9 Å². The highest BCUT2D eigenvalue weighted by Gasteiger charge is 2.22. The number of nitrogens with one attached hydrogen (secondary N) is 1. The van der Waals surface area contributed by atoms with Crippen molar-refractivity contribution in [2.45, 2.75) is 56.7 Å². The fourth-order valence-corrected chi connectivity index (χ4v) is 4.28. The summed E-state index contributed by atoms with van der Waals surface area (Å²) in [5.41, 5.74) is 0.458. The summed E-state index contributed by atoms with van der Waals surface area (Å²) in [5, 5.41) is 4.12. The summed E-state index contributed by atoms with van der Waals surface area (Å²) in [6, 6.07) is 5.11. The average Bonchev–Trinajstić information content (AvgIpc) is 3.17. The van der Waals surface area contributed by atoms with Gasteiger partial charge in [-0.1, -0.05) is 37.2 Å². The lowest BCUT2D eigenvalue weighted by Crippen LogP contribution is -2.37. The lowest BCUT2D eigenvalue weighted by atomic mass is 10.2. The van der Waals surface area contributed by atoms with Gasteiger partial charge < -0.3 is 10.1 Å². The Hall–Kier alpha value is -1.57. The van der Waals surface area contributed by atoms with E-state index in [1.165, 1.54) is 11.8 Å². The number of hydrogen-bond donors (Lipinski definition) is 1. The molecule has 152 valence electrons. The Morgan fingerprint density at radius 2 is 2.21 bits per heavy atom. The maximum absolute atomic E-state index is 13.0. The predicted octanol–water partition coefficient (Wildman–Crippen LogP) is 3.48. The van der Waals surface area contributed by atoms with Crippen molar-refractivity contribution in [3.05, 3.63) is 33.6 Å². The average molecular weight is 424 g/mol. The standard InChI is InChI=1S/C20H26ClN3O3S/c1-12(2)11-24-19(26)16-9-14(21)6-7-17(16)23-20(24)28-13(3)18(25)22-10-15-5-4-8-27-15/h6-7,9,12-13,15H,4-5,8,10-11H2,1-3H3,(H,22,25)/t13-,15+/m1/s1. The molecule has 0 spiro atoms. The van der Waals surface area contributed by atoms with Gasteiger partial charge >= 0.3 is 0 Å². The monoisotopic (exact) mass is 423 g/mol. The number of aromatic nitrogens is 2. The van der Waals surface area contributed by atoms with Crippen LogP contribution in [-0.4, -0.2) is 40.0 Å². The summed E-state index contributed by atoms with van der Waals surface area (Å²) in [7, 11) is 0. The van der Waals surface area contributed by atoms with Crippen LogP contribution in [0.5, 0.6) is 0 Å². The summed E-state index contributed by atoms with van der Waals surface area (Å²) in [5.74, 6) is 0.182. The number of rotatable bonds is 7. The Kier molecular flexibility index (Phi) is 7.01. The molecule has 6 nitrogen and oxygen atoms in total. The molecule has 1 N–H and O–H groups in total. The second-order valence-corrected chi connectivity index (χ2v) is 9.25. The number of carbonyl (C=O) groups is 1. The third-order valence-corrected chi connectivity index (χ3v) is 5.93. The summed E-state index contributed by atoms with van der Waals surface area (Å²) in [6.45, 7) is 7.72. The van der Waals surface area contributed by atoms with Crippen LogP contribution in [0.25, 0.3) is 10.9 Å². The zero-order valence-corrected chi connectivity index (χ0v) is 18.0. The molecule has 1 aromatic heterocycles. The minimum absolute atomic E-state index is 0.0814. The molecule has 0 unspecified atom stereocenters. The van der Waals surface area contributed by atoms with Crippen molar-refractivity contribution in [2.75, 3.05) is 13.2 Å². The number of benzene rings is 1. The summed E-state index contributed by atoms with van der Waals surface area (Å²) in [4.78, 5) is 30.2. The second kappa shape index (κ2) is 9.29. The zero-order valence-electron chi connectivity index (χ0n) is 16.4. The molecule has 0 saturated carbocycles. The van der Waals surface area contributed by atoms with E-state index in [4.69, 9.17) is 16.3 Å². The van der Waals surface area contributed by atoms with Crippen LogP contribution >= 0.6 is 23.4 Å². The van der Waals surface area contributed by atoms with E-state index in [2.05, 4.69) is 10.3 Å². The van der Waals surface area contributed by atoms with E-state index in [9.17, 15) is 9.59 Å². The molecular weight excluding hydrogens is 398 g/mol. The molecule has 1 aromatic carbocycles. The normalized spacial score (nSPS) is 18.0. The number of halogens is 1. The summed E-state index contributed by atoms with van der Waals surface area (Å²) in [6.07, 6.45) is 2.12. The molecule has 0 radical (unpaired) electrons. The summed E-state index contributed by atoms with van der Waals surface area (Å²) < 4.78 is 7.20. The molecular formula is C20H26ClN3O3S. The molecule has 0 bridgehead atoms. The highest BCUT2D eigenvalue weighted by molar-refractivity contribution is 8.00. The van der Waals surface area contributed by atoms with Gasteiger partial charge in [-0.15, -0.1) is 0 Å². The SMILES string of the molecule is CC(C)Cn1c(S[C@H](C)C(=O)NC[C@@H]2CCCO2)nc2ccc(Cl)cc2c1=O. The first kappa shape index (κ1) is 21.1. The van der Waals surface area contributed by atoms with E-state index < -0.39 is 0 Å². The van der Waals surface area contributed by atoms with E-state index in [1.807, 2.05) is 20.8 Å². The van der Waals surface area contributed by atoms with Crippen molar-refractivity contribution in [3.8, 4) is 0 Å². The molecule has 1 fully saturated rings. The summed E-state index contributed by atoms with van der Waals surface area (Å²) >= 11 is 7.36. The number of carbonyl (C=O) groups excluding carboxylic acids is 1. The Bertz CT molecular complexity index is 909. The predicted molar refractivity (Wildman–Crippen MR) is 113 cm³/mol. The van der Waals surface area contributed by atoms with Gasteiger partial charge in [-0.25, -0.2) is 4.98 Å². The van der Waals surface area contributed by atoms with Crippen molar-refractivity contribution in [1.29, 1.82) is 0 Å². The molecule has 2 heterocycles. The van der Waals surface area contributed by atoms with Gasteiger partial charge in [0.15, 0.2) is 5.16 Å². The van der Waals surface area contributed by atoms with Gasteiger partial charge in [-0.3, -0.25) is 14.2 Å². The molecule has 8 heteroatoms. The van der Waals surface area contributed by atoms with Crippen molar-refractivity contribution in [2.24, 2.45) is 5.92 Å². The molecule has 1 saturated heterocycles. The van der Waals surface area contributed by atoms with Crippen molar-refractivity contribution < 1.29 is 9.53 Å². The molecule has 0 aliphatic carbocycles. The van der Waals surface area contributed by atoms with Crippen LogP contribution in [-0.2, 0) is 16.1 Å². The molecule has 28 heavy (non-hydrogen) atoms. The molecule has 1 amide bonds. The van der Waals surface area contributed by atoms with Gasteiger partial charge in [0.2, 0.25) is 5.91 Å². The van der Waals surface area contributed by atoms with Crippen molar-refractivity contribution >= 4 is 40.2 Å². The first-order valence-electron chi connectivity index (χ1n) is 9.61. The number of amides is 1. The Morgan fingerprint density at radius 3 is 2.89 bits per heavy atom. The minimum atomic E-state index is -0.378. The van der Waals surface area contributed by atoms with Crippen LogP contribution in [0.4, 0.5) is 0 Å². The third kappa shape index (κ3) is 5.07. The lowest BCUT2D eigenvalue weighted by molar-refractivity contribution is -0.120. The van der Waals surface area contributed by atoms with Gasteiger partial charge in [0.05, 0.1) is 22.3 Å². The largest absolute Gasteiger partial charge is 0.376 e. The third-order valence-electron chi connectivity index (χ3n) is 4.61. The highest BCUT2D eigenvalue weighted by atomic mass is 35.5. The Labute approximate surface area is 174 Å². The molecule has 1 aliphatic heterocycles. The van der Waals surface area contributed by atoms with Crippen molar-refractivity contribution in [3.63, 3.8) is 0 Å². The van der Waals surface area contributed by atoms with Gasteiger partial charge in [0, 0.05) is 24.7 Å². The maximum atomic E-state index is 13.0. The first-order chi connectivity index (χ1) is 13.3. The number of fused-ring (bicyclic) bond motifs is 1. The van der Waals surface area contributed by atoms with Crippen LogP contribution < -0.4 is 10.9 Å². The second-order valence-electron chi connectivity index (χ2n) is 7.51. The minimum Gasteiger partial charge on any atom is -0.376 e. The number of thioether (sulfide) groups is 1. The zero-order chi connectivity index (χ0) is 20.3. The molecule has 2 atom stereocenters. The smallest absolute Gasteiger partial charge is 0.262 e. The fraction of sp³-hybridized carbons (Fsp3) is 0.550. The van der Waals surface area contributed by atoms with Gasteiger partial charge in [0.1, 0.15) is 0 Å². The number of ether oxygens (including phenoxy) is 1. The van der Waals surface area contributed by atoms with Crippen LogP contribution in [0.3, 0.4) is 0 Å². The quantitative estimate of drug-likeness (QED) is 0.545. The maximum Gasteiger partial charge on any atom is 0.262 e. The first-order valence-corrected chi connectivity index (χ1v) is 10.9. The highest BCUT2D eigenvalue weighted by Crippen LogP contribution is 2.24.